The highest BCUT2D eigenvalue weighted by molar-refractivity contribution is 5.83. The van der Waals surface area contributed by atoms with Gasteiger partial charge in [-0.25, -0.2) is 9.59 Å². The Kier molecular flexibility index (Phi) is 6.60. The van der Waals surface area contributed by atoms with Gasteiger partial charge in [-0.2, -0.15) is 0 Å². The molecule has 0 aliphatic heterocycles. The number of carbonyl (C=O) groups is 2. The Morgan fingerprint density at radius 3 is 1.75 bits per heavy atom. The van der Waals surface area contributed by atoms with Crippen molar-refractivity contribution in [3.05, 3.63) is 23.0 Å². The maximum absolute atomic E-state index is 9.77. The zero-order chi connectivity index (χ0) is 16.0. The summed E-state index contributed by atoms with van der Waals surface area (Å²) in [6.45, 7) is 5.59. The van der Waals surface area contributed by atoms with E-state index in [1.54, 1.807) is 6.92 Å². The molecule has 1 aromatic heterocycles. The molecule has 8 heteroatoms. The summed E-state index contributed by atoms with van der Waals surface area (Å²) in [5.74, 6) is -3.23. The van der Waals surface area contributed by atoms with Gasteiger partial charge < -0.3 is 25.5 Å². The molecule has 0 amide bonds. The van der Waals surface area contributed by atoms with Crippen LogP contribution in [0.4, 0.5) is 0 Å². The third-order valence-corrected chi connectivity index (χ3v) is 2.29. The summed E-state index contributed by atoms with van der Waals surface area (Å²) in [7, 11) is 0. The average molecular weight is 287 g/mol. The van der Waals surface area contributed by atoms with Crippen LogP contribution in [0.3, 0.4) is 0 Å². The second-order valence-electron chi connectivity index (χ2n) is 4.08. The quantitative estimate of drug-likeness (QED) is 0.503. The highest BCUT2D eigenvalue weighted by Crippen LogP contribution is 2.19. The van der Waals surface area contributed by atoms with Crippen molar-refractivity contribution in [2.24, 2.45) is 0 Å². The van der Waals surface area contributed by atoms with Crippen molar-refractivity contribution >= 4 is 11.9 Å². The van der Waals surface area contributed by atoms with Crippen LogP contribution in [0.5, 0.6) is 5.75 Å². The Morgan fingerprint density at radius 2 is 1.45 bits per heavy atom. The van der Waals surface area contributed by atoms with Crippen LogP contribution >= 0.6 is 0 Å². The molecular weight excluding hydrogens is 270 g/mol. The molecular formula is C12H17NO7. The van der Waals surface area contributed by atoms with E-state index < -0.39 is 24.1 Å². The molecule has 112 valence electrons. The lowest BCUT2D eigenvalue weighted by molar-refractivity contribution is -0.165. The van der Waals surface area contributed by atoms with E-state index in [1.165, 1.54) is 0 Å². The number of aryl methyl sites for hydroxylation is 3. The van der Waals surface area contributed by atoms with E-state index in [1.807, 2.05) is 19.9 Å². The third kappa shape index (κ3) is 5.21. The van der Waals surface area contributed by atoms with Crippen molar-refractivity contribution in [2.75, 3.05) is 0 Å². The number of aliphatic hydroxyl groups excluding tert-OH is 2. The Balaban J connectivity index is 0.000000361. The minimum absolute atomic E-state index is 0.311. The van der Waals surface area contributed by atoms with Crippen LogP contribution in [0.2, 0.25) is 0 Å². The standard InChI is InChI=1S/C8H11NO.C4H6O6/c1-5-4-6(2)9-7(3)8(5)10;5-1(3(7)8)2(6)4(9)10/h4,10H,1-3H3;1-2,5-6H,(H,7,8)(H,9,10). The SMILES string of the molecule is Cc1cc(C)c(O)c(C)n1.O=C(O)C(O)C(O)C(=O)O. The molecule has 0 radical (unpaired) electrons. The second-order valence-corrected chi connectivity index (χ2v) is 4.08. The van der Waals surface area contributed by atoms with Crippen LogP contribution in [0.15, 0.2) is 6.07 Å². The van der Waals surface area contributed by atoms with Crippen molar-refractivity contribution < 1.29 is 35.1 Å². The van der Waals surface area contributed by atoms with Crippen LogP contribution in [-0.2, 0) is 9.59 Å². The van der Waals surface area contributed by atoms with Crippen molar-refractivity contribution in [1.82, 2.24) is 4.98 Å². The zero-order valence-corrected chi connectivity index (χ0v) is 11.2. The molecule has 2 atom stereocenters. The topological polar surface area (TPSA) is 148 Å². The van der Waals surface area contributed by atoms with Crippen LogP contribution in [0, 0.1) is 20.8 Å². The first-order valence-corrected chi connectivity index (χ1v) is 5.53. The van der Waals surface area contributed by atoms with Gasteiger partial charge in [-0.05, 0) is 32.4 Å². The predicted octanol–water partition coefficient (Wildman–Crippen LogP) is -0.410. The average Bonchev–Trinajstić information content (AvgIpc) is 2.34. The zero-order valence-electron chi connectivity index (χ0n) is 11.2. The Hall–Kier alpha value is -2.19. The summed E-state index contributed by atoms with van der Waals surface area (Å²) in [6, 6.07) is 1.86. The van der Waals surface area contributed by atoms with Gasteiger partial charge in [0.05, 0.1) is 5.69 Å². The van der Waals surface area contributed by atoms with E-state index in [0.717, 1.165) is 11.3 Å². The molecule has 0 saturated heterocycles. The maximum atomic E-state index is 9.77. The summed E-state index contributed by atoms with van der Waals surface area (Å²) in [4.78, 5) is 23.6. The molecule has 0 bridgehead atoms. The number of hydrogen-bond donors (Lipinski definition) is 5. The summed E-state index contributed by atoms with van der Waals surface area (Å²) < 4.78 is 0. The lowest BCUT2D eigenvalue weighted by Crippen LogP contribution is -2.39. The van der Waals surface area contributed by atoms with E-state index in [-0.39, 0.29) is 0 Å². The lowest BCUT2D eigenvalue weighted by Gasteiger charge is -2.07. The number of aliphatic hydroxyl groups is 2. The first-order chi connectivity index (χ1) is 9.07. The Morgan fingerprint density at radius 1 is 1.05 bits per heavy atom. The summed E-state index contributed by atoms with van der Waals surface area (Å²) in [5.41, 5.74) is 2.55. The molecule has 8 nitrogen and oxygen atoms in total. The van der Waals surface area contributed by atoms with Crippen LogP contribution in [0.25, 0.3) is 0 Å². The number of rotatable bonds is 3. The minimum Gasteiger partial charge on any atom is -0.506 e. The number of carboxylic acids is 2. The normalized spacial score (nSPS) is 12.8. The molecule has 0 aliphatic rings. The van der Waals surface area contributed by atoms with Gasteiger partial charge in [0.1, 0.15) is 5.75 Å². The van der Waals surface area contributed by atoms with Crippen molar-refractivity contribution in [3.8, 4) is 5.75 Å². The van der Waals surface area contributed by atoms with Crippen LogP contribution in [0.1, 0.15) is 17.0 Å². The fourth-order valence-electron chi connectivity index (χ4n) is 1.29. The molecule has 2 unspecified atom stereocenters. The van der Waals surface area contributed by atoms with Gasteiger partial charge in [-0.1, -0.05) is 0 Å². The third-order valence-electron chi connectivity index (χ3n) is 2.29. The van der Waals surface area contributed by atoms with Crippen molar-refractivity contribution in [1.29, 1.82) is 0 Å². The molecule has 1 rings (SSSR count). The molecule has 0 aliphatic carbocycles. The number of pyridine rings is 1. The van der Waals surface area contributed by atoms with Gasteiger partial charge in [-0.15, -0.1) is 0 Å². The Labute approximate surface area is 115 Å². The molecule has 0 aromatic carbocycles. The summed E-state index contributed by atoms with van der Waals surface area (Å²) in [6.07, 6.45) is -4.53. The molecule has 1 aromatic rings. The van der Waals surface area contributed by atoms with Gasteiger partial charge in [0.2, 0.25) is 0 Å². The highest BCUT2D eigenvalue weighted by atomic mass is 16.4. The molecule has 0 saturated carbocycles. The van der Waals surface area contributed by atoms with E-state index in [4.69, 9.17) is 20.4 Å². The van der Waals surface area contributed by atoms with Crippen LogP contribution in [-0.4, -0.2) is 54.7 Å². The van der Waals surface area contributed by atoms with Gasteiger partial charge in [0.15, 0.2) is 12.2 Å². The van der Waals surface area contributed by atoms with E-state index >= 15 is 0 Å². The number of carboxylic acid groups (broad SMARTS) is 2. The number of aromatic hydroxyl groups is 1. The largest absolute Gasteiger partial charge is 0.506 e. The fraction of sp³-hybridized carbons (Fsp3) is 0.417. The van der Waals surface area contributed by atoms with E-state index in [2.05, 4.69) is 4.98 Å². The minimum atomic E-state index is -2.27. The number of nitrogens with zero attached hydrogens (tertiary/aromatic N) is 1. The summed E-state index contributed by atoms with van der Waals surface area (Å²) >= 11 is 0. The number of hydrogen-bond acceptors (Lipinski definition) is 6. The van der Waals surface area contributed by atoms with E-state index in [9.17, 15) is 14.7 Å². The van der Waals surface area contributed by atoms with Gasteiger partial charge in [0.25, 0.3) is 0 Å². The van der Waals surface area contributed by atoms with Gasteiger partial charge in [0, 0.05) is 5.69 Å². The highest BCUT2D eigenvalue weighted by Gasteiger charge is 2.29. The number of aliphatic carboxylic acids is 2. The van der Waals surface area contributed by atoms with E-state index in [0.29, 0.717) is 11.4 Å². The molecule has 0 spiro atoms. The smallest absolute Gasteiger partial charge is 0.335 e. The molecule has 0 fully saturated rings. The first kappa shape index (κ1) is 17.8. The Bertz CT molecular complexity index is 460. The van der Waals surface area contributed by atoms with Gasteiger partial charge >= 0.3 is 11.9 Å². The first-order valence-electron chi connectivity index (χ1n) is 5.53. The van der Waals surface area contributed by atoms with Crippen LogP contribution < -0.4 is 0 Å². The van der Waals surface area contributed by atoms with Crippen molar-refractivity contribution in [2.45, 2.75) is 33.0 Å². The lowest BCUT2D eigenvalue weighted by atomic mass is 10.2. The molecule has 5 N–H and O–H groups in total. The molecule has 20 heavy (non-hydrogen) atoms. The second kappa shape index (κ2) is 7.41. The number of aromatic nitrogens is 1. The fourth-order valence-corrected chi connectivity index (χ4v) is 1.29. The van der Waals surface area contributed by atoms with Crippen molar-refractivity contribution in [3.63, 3.8) is 0 Å². The predicted molar refractivity (Wildman–Crippen MR) is 67.4 cm³/mol. The monoisotopic (exact) mass is 287 g/mol. The van der Waals surface area contributed by atoms with Gasteiger partial charge in [-0.3, -0.25) is 4.98 Å². The summed E-state index contributed by atoms with van der Waals surface area (Å²) in [5, 5.41) is 41.8. The molecule has 1 heterocycles. The maximum Gasteiger partial charge on any atom is 0.335 e.